The van der Waals surface area contributed by atoms with Crippen molar-refractivity contribution in [2.75, 3.05) is 13.1 Å². The first-order valence-electron chi connectivity index (χ1n) is 13.3. The molecule has 9 nitrogen and oxygen atoms in total. The predicted octanol–water partition coefficient (Wildman–Crippen LogP) is 3.84. The summed E-state index contributed by atoms with van der Waals surface area (Å²) in [6.45, 7) is 1.26. The van der Waals surface area contributed by atoms with Crippen LogP contribution >= 0.6 is 11.6 Å². The normalized spacial score (nSPS) is 14.2. The van der Waals surface area contributed by atoms with Crippen LogP contribution in [-0.2, 0) is 19.9 Å². The number of nitrogens with two attached hydrogens (primary N) is 1. The lowest BCUT2D eigenvalue weighted by atomic mass is 10.1. The van der Waals surface area contributed by atoms with E-state index in [1.807, 2.05) is 54.5 Å². The van der Waals surface area contributed by atoms with Gasteiger partial charge in [-0.25, -0.2) is 9.99 Å². The van der Waals surface area contributed by atoms with E-state index in [2.05, 4.69) is 15.3 Å². The summed E-state index contributed by atoms with van der Waals surface area (Å²) in [5, 5.41) is 12.9. The highest BCUT2D eigenvalue weighted by Gasteiger charge is 2.23. The van der Waals surface area contributed by atoms with Crippen LogP contribution in [-0.4, -0.2) is 51.3 Å². The van der Waals surface area contributed by atoms with Crippen LogP contribution in [0.2, 0.25) is 5.02 Å². The number of amidine groups is 1. The van der Waals surface area contributed by atoms with E-state index >= 15 is 0 Å². The fourth-order valence-electron chi connectivity index (χ4n) is 4.97. The van der Waals surface area contributed by atoms with E-state index < -0.39 is 0 Å². The van der Waals surface area contributed by atoms with Crippen molar-refractivity contribution >= 4 is 40.3 Å². The molecule has 0 atom stereocenters. The molecule has 10 heteroatoms. The van der Waals surface area contributed by atoms with Crippen LogP contribution in [0, 0.1) is 5.41 Å². The molecule has 4 aromatic rings. The Kier molecular flexibility index (Phi) is 8.14. The number of benzene rings is 3. The van der Waals surface area contributed by atoms with Gasteiger partial charge in [0.05, 0.1) is 21.6 Å². The first-order chi connectivity index (χ1) is 19.3. The summed E-state index contributed by atoms with van der Waals surface area (Å²) >= 11 is 6.14. The van der Waals surface area contributed by atoms with Crippen LogP contribution in [0.15, 0.2) is 66.7 Å². The Morgan fingerprint density at radius 1 is 1.00 bits per heavy atom. The van der Waals surface area contributed by atoms with Gasteiger partial charge in [0.1, 0.15) is 11.7 Å². The standard InChI is InChI=1S/C30H32ClN7O2/c1-37-26-12-11-21(18-25(26)35-27(37)13-8-19-6-9-20(10-7-19)28(32)33)29(39)36-38-16-14-22(15-17-38)34-30(40)23-4-2-3-5-24(23)31/h2-7,9-12,18,22H,8,13-17H2,1H3,(H3,32,33)(H,34,40)(H,36,39). The molecule has 40 heavy (non-hydrogen) atoms. The third-order valence-electron chi connectivity index (χ3n) is 7.35. The second-order valence-corrected chi connectivity index (χ2v) is 10.5. The van der Waals surface area contributed by atoms with Crippen molar-refractivity contribution in [3.63, 3.8) is 0 Å². The van der Waals surface area contributed by atoms with Gasteiger partial charge in [-0.05, 0) is 55.2 Å². The molecule has 5 rings (SSSR count). The number of imidazole rings is 1. The minimum Gasteiger partial charge on any atom is -0.384 e. The number of rotatable bonds is 8. The minimum absolute atomic E-state index is 0.0206. The van der Waals surface area contributed by atoms with Gasteiger partial charge in [0, 0.05) is 43.7 Å². The second kappa shape index (κ2) is 11.9. The van der Waals surface area contributed by atoms with E-state index in [0.717, 1.165) is 48.1 Å². The molecule has 1 fully saturated rings. The van der Waals surface area contributed by atoms with Crippen molar-refractivity contribution in [1.82, 2.24) is 25.3 Å². The molecule has 1 aliphatic heterocycles. The summed E-state index contributed by atoms with van der Waals surface area (Å²) in [6, 6.07) is 20.3. The Labute approximate surface area is 237 Å². The molecule has 1 saturated heterocycles. The van der Waals surface area contributed by atoms with Gasteiger partial charge < -0.3 is 15.6 Å². The fourth-order valence-corrected chi connectivity index (χ4v) is 5.20. The number of piperidine rings is 1. The third kappa shape index (κ3) is 6.16. The molecule has 2 heterocycles. The molecule has 1 aliphatic rings. The van der Waals surface area contributed by atoms with Crippen molar-refractivity contribution in [1.29, 1.82) is 5.41 Å². The van der Waals surface area contributed by atoms with Gasteiger partial charge in [-0.15, -0.1) is 0 Å². The number of fused-ring (bicyclic) bond motifs is 1. The Morgan fingerprint density at radius 2 is 1.70 bits per heavy atom. The maximum Gasteiger partial charge on any atom is 0.265 e. The summed E-state index contributed by atoms with van der Waals surface area (Å²) in [6.07, 6.45) is 2.98. The zero-order valence-corrected chi connectivity index (χ0v) is 23.0. The van der Waals surface area contributed by atoms with E-state index in [-0.39, 0.29) is 23.7 Å². The molecule has 0 saturated carbocycles. The van der Waals surface area contributed by atoms with Crippen LogP contribution in [0.5, 0.6) is 0 Å². The molecule has 3 aromatic carbocycles. The van der Waals surface area contributed by atoms with Crippen LogP contribution in [0.25, 0.3) is 11.0 Å². The van der Waals surface area contributed by atoms with E-state index in [9.17, 15) is 9.59 Å². The van der Waals surface area contributed by atoms with Crippen LogP contribution in [0.4, 0.5) is 0 Å². The summed E-state index contributed by atoms with van der Waals surface area (Å²) in [5.74, 6) is 0.633. The highest BCUT2D eigenvalue weighted by Crippen LogP contribution is 2.20. The van der Waals surface area contributed by atoms with Gasteiger partial charge in [-0.3, -0.25) is 20.4 Å². The predicted molar refractivity (Wildman–Crippen MR) is 157 cm³/mol. The second-order valence-electron chi connectivity index (χ2n) is 10.1. The monoisotopic (exact) mass is 557 g/mol. The molecule has 206 valence electrons. The zero-order valence-electron chi connectivity index (χ0n) is 22.3. The van der Waals surface area contributed by atoms with Crippen LogP contribution in [0.3, 0.4) is 0 Å². The van der Waals surface area contributed by atoms with E-state index in [1.54, 1.807) is 24.3 Å². The fraction of sp³-hybridized carbons (Fsp3) is 0.267. The SMILES string of the molecule is Cn1c(CCc2ccc(C(=N)N)cc2)nc2cc(C(=O)NN3CCC(NC(=O)c4ccccc4Cl)CC3)ccc21. The summed E-state index contributed by atoms with van der Waals surface area (Å²) in [4.78, 5) is 30.4. The first-order valence-corrected chi connectivity index (χ1v) is 13.7. The molecule has 0 radical (unpaired) electrons. The van der Waals surface area contributed by atoms with Crippen molar-refractivity contribution in [3.8, 4) is 0 Å². The number of nitrogen functional groups attached to an aromatic ring is 1. The van der Waals surface area contributed by atoms with Crippen molar-refractivity contribution in [2.45, 2.75) is 31.7 Å². The Morgan fingerprint density at radius 3 is 2.40 bits per heavy atom. The summed E-state index contributed by atoms with van der Waals surface area (Å²) in [5.41, 5.74) is 13.2. The maximum absolute atomic E-state index is 13.0. The number of aryl methyl sites for hydroxylation is 3. The van der Waals surface area contributed by atoms with E-state index in [4.69, 9.17) is 27.7 Å². The lowest BCUT2D eigenvalue weighted by molar-refractivity contribution is 0.0702. The minimum atomic E-state index is -0.182. The molecule has 0 aliphatic carbocycles. The van der Waals surface area contributed by atoms with Crippen LogP contribution < -0.4 is 16.5 Å². The van der Waals surface area contributed by atoms with Crippen LogP contribution in [0.1, 0.15) is 50.5 Å². The molecule has 2 amide bonds. The first kappa shape index (κ1) is 27.4. The quantitative estimate of drug-likeness (QED) is 0.193. The number of hydrazine groups is 1. The largest absolute Gasteiger partial charge is 0.384 e. The highest BCUT2D eigenvalue weighted by atomic mass is 35.5. The van der Waals surface area contributed by atoms with Gasteiger partial charge in [-0.2, -0.15) is 0 Å². The highest BCUT2D eigenvalue weighted by molar-refractivity contribution is 6.33. The molecular weight excluding hydrogens is 526 g/mol. The van der Waals surface area contributed by atoms with E-state index in [0.29, 0.717) is 34.8 Å². The Hall–Kier alpha value is -4.21. The third-order valence-corrected chi connectivity index (χ3v) is 7.68. The summed E-state index contributed by atoms with van der Waals surface area (Å²) < 4.78 is 2.06. The number of amides is 2. The Bertz CT molecular complexity index is 1560. The van der Waals surface area contributed by atoms with Crippen molar-refractivity contribution in [3.05, 3.63) is 99.8 Å². The molecular formula is C30H32ClN7O2. The smallest absolute Gasteiger partial charge is 0.265 e. The van der Waals surface area contributed by atoms with Gasteiger partial charge in [-0.1, -0.05) is 48.0 Å². The molecule has 1 aromatic heterocycles. The van der Waals surface area contributed by atoms with Gasteiger partial charge >= 0.3 is 0 Å². The molecule has 5 N–H and O–H groups in total. The zero-order chi connectivity index (χ0) is 28.2. The lowest BCUT2D eigenvalue weighted by Crippen LogP contribution is -2.51. The average Bonchev–Trinajstić information content (AvgIpc) is 3.27. The lowest BCUT2D eigenvalue weighted by Gasteiger charge is -2.32. The Balaban J connectivity index is 1.15. The van der Waals surface area contributed by atoms with E-state index in [1.165, 1.54) is 0 Å². The summed E-state index contributed by atoms with van der Waals surface area (Å²) in [7, 11) is 1.98. The number of nitrogens with zero attached hydrogens (tertiary/aromatic N) is 3. The average molecular weight is 558 g/mol. The number of carbonyl (C=O) groups is 2. The number of nitrogens with one attached hydrogen (secondary N) is 3. The van der Waals surface area contributed by atoms with Crippen molar-refractivity contribution < 1.29 is 9.59 Å². The van der Waals surface area contributed by atoms with Gasteiger partial charge in [0.2, 0.25) is 0 Å². The molecule has 0 bridgehead atoms. The molecule has 0 unspecified atom stereocenters. The van der Waals surface area contributed by atoms with Gasteiger partial charge in [0.25, 0.3) is 11.8 Å². The number of hydrogen-bond donors (Lipinski definition) is 4. The maximum atomic E-state index is 13.0. The number of halogens is 1. The number of aromatic nitrogens is 2. The molecule has 0 spiro atoms. The van der Waals surface area contributed by atoms with Crippen molar-refractivity contribution in [2.24, 2.45) is 12.8 Å². The topological polar surface area (TPSA) is 129 Å². The number of carbonyl (C=O) groups excluding carboxylic acids is 2. The number of hydrogen-bond acceptors (Lipinski definition) is 5. The van der Waals surface area contributed by atoms with Gasteiger partial charge in [0.15, 0.2) is 0 Å².